The van der Waals surface area contributed by atoms with Crippen molar-refractivity contribution >= 4 is 53.4 Å². The highest BCUT2D eigenvalue weighted by atomic mass is 32.1. The lowest BCUT2D eigenvalue weighted by Crippen LogP contribution is -1.97. The van der Waals surface area contributed by atoms with Crippen molar-refractivity contribution in [1.82, 2.24) is 9.97 Å². The van der Waals surface area contributed by atoms with Gasteiger partial charge in [-0.15, -0.1) is 11.3 Å². The molecule has 4 heteroatoms. The number of fused-ring (bicyclic) bond motifs is 6. The van der Waals surface area contributed by atoms with E-state index in [4.69, 9.17) is 14.4 Å². The molecular weight excluding hydrogens is 701 g/mol. The Morgan fingerprint density at radius 3 is 1.79 bits per heavy atom. The summed E-state index contributed by atoms with van der Waals surface area (Å²) in [5.74, 6) is 0.680. The summed E-state index contributed by atoms with van der Waals surface area (Å²) >= 11 is 1.85. The van der Waals surface area contributed by atoms with Gasteiger partial charge < -0.3 is 4.42 Å². The van der Waals surface area contributed by atoms with Gasteiger partial charge in [0.1, 0.15) is 11.2 Å². The van der Waals surface area contributed by atoms with E-state index in [-0.39, 0.29) is 0 Å². The zero-order valence-corrected chi connectivity index (χ0v) is 31.0. The predicted molar refractivity (Wildman–Crippen MR) is 235 cm³/mol. The topological polar surface area (TPSA) is 38.9 Å². The largest absolute Gasteiger partial charge is 0.455 e. The van der Waals surface area contributed by atoms with Gasteiger partial charge in [0.2, 0.25) is 0 Å². The molecule has 0 unspecified atom stereocenters. The number of para-hydroxylation sites is 2. The van der Waals surface area contributed by atoms with Crippen LogP contribution in [0.25, 0.3) is 109 Å². The fraction of sp³-hybridized carbons (Fsp3) is 0. The summed E-state index contributed by atoms with van der Waals surface area (Å²) in [7, 11) is 0. The van der Waals surface area contributed by atoms with Gasteiger partial charge in [-0.3, -0.25) is 0 Å². The zero-order chi connectivity index (χ0) is 37.0. The third kappa shape index (κ3) is 5.50. The van der Waals surface area contributed by atoms with Crippen molar-refractivity contribution < 1.29 is 4.42 Å². The molecule has 11 aromatic rings. The Hall–Kier alpha value is -7.14. The van der Waals surface area contributed by atoms with Gasteiger partial charge in [-0.2, -0.15) is 0 Å². The lowest BCUT2D eigenvalue weighted by atomic mass is 9.93. The predicted octanol–water partition coefficient (Wildman–Crippen LogP) is 14.7. The van der Waals surface area contributed by atoms with E-state index >= 15 is 0 Å². The van der Waals surface area contributed by atoms with E-state index in [2.05, 4.69) is 164 Å². The minimum Gasteiger partial charge on any atom is -0.455 e. The summed E-state index contributed by atoms with van der Waals surface area (Å²) < 4.78 is 9.13. The van der Waals surface area contributed by atoms with Crippen LogP contribution in [0.5, 0.6) is 0 Å². The normalized spacial score (nSPS) is 11.6. The van der Waals surface area contributed by atoms with Crippen molar-refractivity contribution in [3.63, 3.8) is 0 Å². The SMILES string of the molecule is c1ccc(-c2cc(-c3cc(-c4ccccc4-c4cccc5c4sc4ccccc45)nc(-c4ccccc4)n3)cc(-c3cccc4c3oc3ccccc34)c2)cc1. The highest BCUT2D eigenvalue weighted by molar-refractivity contribution is 7.26. The second kappa shape index (κ2) is 13.3. The number of hydrogen-bond acceptors (Lipinski definition) is 4. The molecule has 0 saturated heterocycles. The second-order valence-corrected chi connectivity index (χ2v) is 15.2. The van der Waals surface area contributed by atoms with E-state index in [0.717, 1.165) is 77.8 Å². The first-order valence-corrected chi connectivity index (χ1v) is 19.6. The first kappa shape index (κ1) is 32.3. The van der Waals surface area contributed by atoms with E-state index in [1.807, 2.05) is 41.7 Å². The molecule has 11 rings (SSSR count). The molecular formula is C52H32N2OS. The summed E-state index contributed by atoms with van der Waals surface area (Å²) in [6.45, 7) is 0. The zero-order valence-electron chi connectivity index (χ0n) is 30.2. The third-order valence-corrected chi connectivity index (χ3v) is 11.9. The highest BCUT2D eigenvalue weighted by Crippen LogP contribution is 2.44. The number of nitrogens with zero attached hydrogens (tertiary/aromatic N) is 2. The molecule has 0 aliphatic carbocycles. The second-order valence-electron chi connectivity index (χ2n) is 14.1. The average molecular weight is 733 g/mol. The van der Waals surface area contributed by atoms with Crippen LogP contribution in [0.2, 0.25) is 0 Å². The van der Waals surface area contributed by atoms with Crippen LogP contribution in [-0.2, 0) is 0 Å². The van der Waals surface area contributed by atoms with E-state index in [0.29, 0.717) is 5.82 Å². The molecule has 0 aliphatic heterocycles. The van der Waals surface area contributed by atoms with Crippen molar-refractivity contribution in [3.05, 3.63) is 194 Å². The van der Waals surface area contributed by atoms with Crippen LogP contribution in [0.3, 0.4) is 0 Å². The van der Waals surface area contributed by atoms with Crippen molar-refractivity contribution in [2.24, 2.45) is 0 Å². The third-order valence-electron chi connectivity index (χ3n) is 10.7. The Bertz CT molecular complexity index is 3250. The van der Waals surface area contributed by atoms with Gasteiger partial charge in [0.05, 0.1) is 11.4 Å². The van der Waals surface area contributed by atoms with Crippen LogP contribution < -0.4 is 0 Å². The minimum atomic E-state index is 0.680. The first-order valence-electron chi connectivity index (χ1n) is 18.8. The first-order chi connectivity index (χ1) is 27.7. The minimum absolute atomic E-state index is 0.680. The molecule has 0 fully saturated rings. The van der Waals surface area contributed by atoms with Crippen LogP contribution in [0.15, 0.2) is 199 Å². The number of hydrogen-bond donors (Lipinski definition) is 0. The van der Waals surface area contributed by atoms with Crippen molar-refractivity contribution in [3.8, 4) is 67.3 Å². The summed E-state index contributed by atoms with van der Waals surface area (Å²) in [5.41, 5.74) is 13.2. The summed E-state index contributed by atoms with van der Waals surface area (Å²) in [5, 5.41) is 4.78. The number of thiophene rings is 1. The Labute approximate surface area is 327 Å². The average Bonchev–Trinajstić information content (AvgIpc) is 3.86. The number of rotatable bonds is 6. The van der Waals surface area contributed by atoms with Crippen molar-refractivity contribution in [2.75, 3.05) is 0 Å². The van der Waals surface area contributed by atoms with Crippen molar-refractivity contribution in [1.29, 1.82) is 0 Å². The number of benzene rings is 8. The molecule has 0 radical (unpaired) electrons. The van der Waals surface area contributed by atoms with Gasteiger partial charge in [-0.25, -0.2) is 9.97 Å². The van der Waals surface area contributed by atoms with Crippen LogP contribution in [0.4, 0.5) is 0 Å². The maximum absolute atomic E-state index is 6.56. The maximum Gasteiger partial charge on any atom is 0.160 e. The molecule has 0 amide bonds. The molecule has 0 bridgehead atoms. The molecule has 8 aromatic carbocycles. The van der Waals surface area contributed by atoms with Crippen LogP contribution in [-0.4, -0.2) is 9.97 Å². The van der Waals surface area contributed by atoms with Gasteiger partial charge in [-0.05, 0) is 58.7 Å². The number of aromatic nitrogens is 2. The Morgan fingerprint density at radius 2 is 0.946 bits per heavy atom. The smallest absolute Gasteiger partial charge is 0.160 e. The summed E-state index contributed by atoms with van der Waals surface area (Å²) in [6.07, 6.45) is 0. The maximum atomic E-state index is 6.56. The van der Waals surface area contributed by atoms with Gasteiger partial charge in [0.25, 0.3) is 0 Å². The standard InChI is InChI=1S/C52H32N2OS/c1-3-15-33(16-4-1)35-29-36(38-23-13-24-43-41-21-9-11-27-48(41)55-50(38)43)31-37(30-35)46-32-47(54-52(53-46)34-17-5-2-6-18-34)40-20-8-7-19-39(40)44-25-14-26-45-42-22-10-12-28-49(42)56-51(44)45/h1-32H. The lowest BCUT2D eigenvalue weighted by molar-refractivity contribution is 0.670. The molecule has 3 aromatic heterocycles. The molecule has 3 nitrogen and oxygen atoms in total. The lowest BCUT2D eigenvalue weighted by Gasteiger charge is -2.15. The molecule has 0 saturated carbocycles. The van der Waals surface area contributed by atoms with E-state index in [9.17, 15) is 0 Å². The Balaban J connectivity index is 1.15. The van der Waals surface area contributed by atoms with E-state index in [1.165, 1.54) is 25.7 Å². The molecule has 56 heavy (non-hydrogen) atoms. The molecule has 0 N–H and O–H groups in total. The molecule has 0 spiro atoms. The van der Waals surface area contributed by atoms with Gasteiger partial charge >= 0.3 is 0 Å². The number of furan rings is 1. The van der Waals surface area contributed by atoms with Crippen LogP contribution in [0, 0.1) is 0 Å². The molecule has 0 atom stereocenters. The monoisotopic (exact) mass is 732 g/mol. The fourth-order valence-electron chi connectivity index (χ4n) is 8.05. The quantitative estimate of drug-likeness (QED) is 0.171. The van der Waals surface area contributed by atoms with Gasteiger partial charge in [0.15, 0.2) is 5.82 Å². The van der Waals surface area contributed by atoms with Gasteiger partial charge in [0, 0.05) is 58.8 Å². The Morgan fingerprint density at radius 1 is 0.357 bits per heavy atom. The van der Waals surface area contributed by atoms with Crippen molar-refractivity contribution in [2.45, 2.75) is 0 Å². The highest BCUT2D eigenvalue weighted by Gasteiger charge is 2.19. The fourth-order valence-corrected chi connectivity index (χ4v) is 9.28. The Kier molecular flexibility index (Phi) is 7.68. The summed E-state index contributed by atoms with van der Waals surface area (Å²) in [4.78, 5) is 10.6. The molecule has 262 valence electrons. The summed E-state index contributed by atoms with van der Waals surface area (Å²) in [6, 6.07) is 68.4. The van der Waals surface area contributed by atoms with E-state index < -0.39 is 0 Å². The molecule has 0 aliphatic rings. The van der Waals surface area contributed by atoms with E-state index in [1.54, 1.807) is 0 Å². The van der Waals surface area contributed by atoms with Crippen LogP contribution in [0.1, 0.15) is 0 Å². The van der Waals surface area contributed by atoms with Gasteiger partial charge in [-0.1, -0.05) is 158 Å². The van der Waals surface area contributed by atoms with Crippen LogP contribution >= 0.6 is 11.3 Å². The molecule has 3 heterocycles.